The molecule has 3 aromatic rings. The first-order valence-corrected chi connectivity index (χ1v) is 14.9. The Kier molecular flexibility index (Phi) is 8.57. The number of thiophene rings is 1. The van der Waals surface area contributed by atoms with Crippen LogP contribution in [0, 0.1) is 5.92 Å². The number of piperidine rings is 1. The van der Waals surface area contributed by atoms with Gasteiger partial charge >= 0.3 is 0 Å². The van der Waals surface area contributed by atoms with E-state index in [4.69, 9.17) is 23.2 Å². The first-order valence-electron chi connectivity index (χ1n) is 13.2. The second-order valence-corrected chi connectivity index (χ2v) is 12.2. The Morgan fingerprint density at radius 1 is 1.03 bits per heavy atom. The van der Waals surface area contributed by atoms with E-state index in [0.29, 0.717) is 34.0 Å². The van der Waals surface area contributed by atoms with E-state index in [1.807, 2.05) is 11.0 Å². The fourth-order valence-corrected chi connectivity index (χ4v) is 6.92. The Morgan fingerprint density at radius 3 is 2.51 bits per heavy atom. The highest BCUT2D eigenvalue weighted by molar-refractivity contribution is 7.08. The van der Waals surface area contributed by atoms with Crippen LogP contribution < -0.4 is 0 Å². The third-order valence-corrected chi connectivity index (χ3v) is 9.54. The molecule has 5 rings (SSSR count). The van der Waals surface area contributed by atoms with Crippen LogP contribution in [0.1, 0.15) is 53.1 Å². The largest absolute Gasteiger partial charge is 0.390 e. The third kappa shape index (κ3) is 6.58. The van der Waals surface area contributed by atoms with Crippen LogP contribution in [0.5, 0.6) is 0 Å². The summed E-state index contributed by atoms with van der Waals surface area (Å²) in [6.45, 7) is 4.16. The van der Waals surface area contributed by atoms with E-state index >= 15 is 0 Å². The monoisotopic (exact) mass is 556 g/mol. The number of benzene rings is 2. The Hall–Kier alpha value is -1.89. The molecule has 0 spiro atoms. The Balaban J connectivity index is 1.18. The fourth-order valence-electron chi connectivity index (χ4n) is 5.90. The summed E-state index contributed by atoms with van der Waals surface area (Å²) in [5.74, 6) is 0.669. The Labute approximate surface area is 233 Å². The van der Waals surface area contributed by atoms with Crippen molar-refractivity contribution in [2.45, 2.75) is 43.6 Å². The van der Waals surface area contributed by atoms with Crippen molar-refractivity contribution < 1.29 is 9.90 Å². The number of carbonyl (C=O) groups is 1. The van der Waals surface area contributed by atoms with E-state index in [1.54, 1.807) is 29.5 Å². The summed E-state index contributed by atoms with van der Waals surface area (Å²) in [5.41, 5.74) is 2.67. The summed E-state index contributed by atoms with van der Waals surface area (Å²) in [6, 6.07) is 17.8. The Morgan fingerprint density at radius 2 is 1.81 bits per heavy atom. The smallest absolute Gasteiger partial charge is 0.253 e. The van der Waals surface area contributed by atoms with Gasteiger partial charge < -0.3 is 14.9 Å². The second kappa shape index (κ2) is 11.9. The van der Waals surface area contributed by atoms with Crippen LogP contribution in [0.2, 0.25) is 10.0 Å². The topological polar surface area (TPSA) is 43.8 Å². The Bertz CT molecular complexity index is 1180. The molecule has 2 aliphatic heterocycles. The summed E-state index contributed by atoms with van der Waals surface area (Å²) < 4.78 is 0. The van der Waals surface area contributed by atoms with Crippen molar-refractivity contribution >= 4 is 40.4 Å². The van der Waals surface area contributed by atoms with E-state index in [1.165, 1.54) is 11.1 Å². The molecule has 7 heteroatoms. The van der Waals surface area contributed by atoms with Gasteiger partial charge in [0.2, 0.25) is 0 Å². The van der Waals surface area contributed by atoms with Gasteiger partial charge in [-0.3, -0.25) is 4.79 Å². The molecule has 0 saturated carbocycles. The van der Waals surface area contributed by atoms with Crippen LogP contribution >= 0.6 is 34.5 Å². The molecule has 3 heterocycles. The van der Waals surface area contributed by atoms with Crippen LogP contribution in [-0.4, -0.2) is 59.1 Å². The van der Waals surface area contributed by atoms with Crippen LogP contribution in [0.15, 0.2) is 65.4 Å². The van der Waals surface area contributed by atoms with Crippen LogP contribution in [0.4, 0.5) is 0 Å². The van der Waals surface area contributed by atoms with Crippen molar-refractivity contribution in [2.24, 2.45) is 5.92 Å². The van der Waals surface area contributed by atoms with E-state index < -0.39 is 5.60 Å². The van der Waals surface area contributed by atoms with Crippen molar-refractivity contribution in [3.63, 3.8) is 0 Å². The molecule has 1 amide bonds. The molecule has 2 fully saturated rings. The lowest BCUT2D eigenvalue weighted by atomic mass is 9.84. The molecule has 0 aliphatic carbocycles. The number of aryl methyl sites for hydroxylation is 1. The summed E-state index contributed by atoms with van der Waals surface area (Å²) >= 11 is 14.0. The van der Waals surface area contributed by atoms with Crippen LogP contribution in [0.3, 0.4) is 0 Å². The average Bonchev–Trinajstić information content (AvgIpc) is 3.58. The maximum absolute atomic E-state index is 13.3. The zero-order valence-electron chi connectivity index (χ0n) is 21.0. The number of halogens is 2. The minimum Gasteiger partial charge on any atom is -0.390 e. The predicted octanol–water partition coefficient (Wildman–Crippen LogP) is 6.76. The summed E-state index contributed by atoms with van der Waals surface area (Å²) in [7, 11) is 0. The number of hydrogen-bond donors (Lipinski definition) is 1. The molecule has 1 N–H and O–H groups in total. The highest BCUT2D eigenvalue weighted by Gasteiger charge is 2.39. The number of hydrogen-bond acceptors (Lipinski definition) is 4. The molecule has 0 radical (unpaired) electrons. The second-order valence-electron chi connectivity index (χ2n) is 10.6. The van der Waals surface area contributed by atoms with Gasteiger partial charge in [-0.15, -0.1) is 0 Å². The molecule has 4 nitrogen and oxygen atoms in total. The summed E-state index contributed by atoms with van der Waals surface area (Å²) in [4.78, 5) is 17.8. The van der Waals surface area contributed by atoms with E-state index in [2.05, 4.69) is 46.0 Å². The highest BCUT2D eigenvalue weighted by Crippen LogP contribution is 2.37. The molecule has 196 valence electrons. The number of amides is 1. The number of nitrogens with zero attached hydrogens (tertiary/aromatic N) is 2. The maximum atomic E-state index is 13.3. The number of aliphatic hydroxyl groups is 1. The molecular weight excluding hydrogens is 523 g/mol. The normalized spacial score (nSPS) is 21.9. The van der Waals surface area contributed by atoms with Gasteiger partial charge in [-0.05, 0) is 84.2 Å². The number of likely N-dealkylation sites (tertiary alicyclic amines) is 2. The molecule has 2 saturated heterocycles. The van der Waals surface area contributed by atoms with Gasteiger partial charge in [-0.2, -0.15) is 11.3 Å². The first kappa shape index (κ1) is 26.7. The van der Waals surface area contributed by atoms with Crippen molar-refractivity contribution in [3.05, 3.63) is 92.1 Å². The van der Waals surface area contributed by atoms with Crippen molar-refractivity contribution in [3.8, 4) is 0 Å². The molecule has 2 atom stereocenters. The van der Waals surface area contributed by atoms with Gasteiger partial charge in [0.15, 0.2) is 0 Å². The summed E-state index contributed by atoms with van der Waals surface area (Å²) in [5, 5.41) is 16.4. The highest BCUT2D eigenvalue weighted by atomic mass is 35.5. The van der Waals surface area contributed by atoms with Crippen molar-refractivity contribution in [1.29, 1.82) is 0 Å². The minimum absolute atomic E-state index is 0.00716. The van der Waals surface area contributed by atoms with Crippen LogP contribution in [0.25, 0.3) is 0 Å². The molecule has 37 heavy (non-hydrogen) atoms. The van der Waals surface area contributed by atoms with Gasteiger partial charge in [0.1, 0.15) is 0 Å². The lowest BCUT2D eigenvalue weighted by molar-refractivity contribution is -0.0315. The van der Waals surface area contributed by atoms with Gasteiger partial charge in [0, 0.05) is 44.2 Å². The zero-order valence-corrected chi connectivity index (χ0v) is 23.3. The molecule has 1 aromatic heterocycles. The predicted molar refractivity (Wildman–Crippen MR) is 153 cm³/mol. The van der Waals surface area contributed by atoms with Gasteiger partial charge in [0.25, 0.3) is 5.91 Å². The fraction of sp³-hybridized carbons (Fsp3) is 0.433. The van der Waals surface area contributed by atoms with E-state index in [-0.39, 0.29) is 5.91 Å². The van der Waals surface area contributed by atoms with Gasteiger partial charge in [0.05, 0.1) is 15.6 Å². The molecule has 0 bridgehead atoms. The lowest BCUT2D eigenvalue weighted by Gasteiger charge is -2.39. The third-order valence-electron chi connectivity index (χ3n) is 8.10. The first-order chi connectivity index (χ1) is 17.9. The van der Waals surface area contributed by atoms with Gasteiger partial charge in [-0.1, -0.05) is 53.5 Å². The average molecular weight is 558 g/mol. The quantitative estimate of drug-likeness (QED) is 0.333. The number of rotatable bonds is 8. The molecule has 2 aliphatic rings. The van der Waals surface area contributed by atoms with Gasteiger partial charge in [-0.25, -0.2) is 0 Å². The van der Waals surface area contributed by atoms with E-state index in [9.17, 15) is 9.90 Å². The zero-order chi connectivity index (χ0) is 25.8. The lowest BCUT2D eigenvalue weighted by Crippen LogP contribution is -2.46. The van der Waals surface area contributed by atoms with Crippen molar-refractivity contribution in [2.75, 3.05) is 32.7 Å². The maximum Gasteiger partial charge on any atom is 0.253 e. The molecular formula is C30H34Cl2N2O2S. The van der Waals surface area contributed by atoms with Crippen LogP contribution in [-0.2, 0) is 6.42 Å². The number of carbonyl (C=O) groups excluding carboxylic acids is 1. The standard InChI is InChI=1S/C30H34Cl2N2O2S/c31-27-9-8-23(17-28(27)32)29(35)34-19-25(26(20-34)24-10-16-37-21-24)18-33-14-12-30(36,13-15-33)11-4-7-22-5-2-1-3-6-22/h1-3,5-6,8-10,16-17,21,25-26,36H,4,7,11-15,18-20H2. The summed E-state index contributed by atoms with van der Waals surface area (Å²) in [6.07, 6.45) is 4.49. The SMILES string of the molecule is O=C(c1ccc(Cl)c(Cl)c1)N1CC(CN2CCC(O)(CCCc3ccccc3)CC2)C(c2ccsc2)C1. The van der Waals surface area contributed by atoms with Crippen molar-refractivity contribution in [1.82, 2.24) is 9.80 Å². The molecule has 2 unspecified atom stereocenters. The van der Waals surface area contributed by atoms with E-state index in [0.717, 1.165) is 58.3 Å². The molecule has 2 aromatic carbocycles. The minimum atomic E-state index is -0.566.